The Labute approximate surface area is 151 Å². The molecule has 0 atom stereocenters. The van der Waals surface area contributed by atoms with Crippen LogP contribution in [0.3, 0.4) is 0 Å². The first kappa shape index (κ1) is 20.4. The molecule has 2 rings (SSSR count). The number of carboxylic acids is 1. The van der Waals surface area contributed by atoms with E-state index in [9.17, 15) is 18.4 Å². The van der Waals surface area contributed by atoms with E-state index >= 15 is 0 Å². The Hall–Kier alpha value is -1.69. The van der Waals surface area contributed by atoms with Crippen LogP contribution < -0.4 is 0 Å². The van der Waals surface area contributed by atoms with Gasteiger partial charge in [0.05, 0.1) is 21.2 Å². The fourth-order valence-electron chi connectivity index (χ4n) is 1.63. The van der Waals surface area contributed by atoms with Gasteiger partial charge >= 0.3 is 5.97 Å². The highest BCUT2D eigenvalue weighted by Gasteiger charge is 2.11. The van der Waals surface area contributed by atoms with Gasteiger partial charge in [0.15, 0.2) is 0 Å². The van der Waals surface area contributed by atoms with Gasteiger partial charge in [-0.3, -0.25) is 4.79 Å². The van der Waals surface area contributed by atoms with Crippen LogP contribution in [0.1, 0.15) is 31.8 Å². The minimum atomic E-state index is -1.15. The molecule has 8 heteroatoms. The van der Waals surface area contributed by atoms with Crippen LogP contribution in [0, 0.1) is 25.5 Å². The molecule has 0 saturated carbocycles. The molecule has 0 radical (unpaired) electrons. The highest BCUT2D eigenvalue weighted by molar-refractivity contribution is 6.68. The first-order valence-corrected chi connectivity index (χ1v) is 7.52. The zero-order valence-corrected chi connectivity index (χ0v) is 14.7. The van der Waals surface area contributed by atoms with Gasteiger partial charge in [0.2, 0.25) is 0 Å². The van der Waals surface area contributed by atoms with Crippen LogP contribution in [0.2, 0.25) is 10.0 Å². The zero-order chi connectivity index (χ0) is 18.6. The molecule has 0 fully saturated rings. The number of carboxylic acid groups (broad SMARTS) is 1. The summed E-state index contributed by atoms with van der Waals surface area (Å²) in [4.78, 5) is 21.2. The van der Waals surface area contributed by atoms with Crippen LogP contribution in [0.25, 0.3) is 0 Å². The van der Waals surface area contributed by atoms with Crippen molar-refractivity contribution < 1.29 is 23.5 Å². The van der Waals surface area contributed by atoms with Gasteiger partial charge in [0.25, 0.3) is 5.24 Å². The van der Waals surface area contributed by atoms with E-state index < -0.39 is 22.8 Å². The van der Waals surface area contributed by atoms with E-state index in [2.05, 4.69) is 0 Å². The molecule has 1 N–H and O–H groups in total. The largest absolute Gasteiger partial charge is 0.478 e. The Morgan fingerprint density at radius 2 is 1.25 bits per heavy atom. The van der Waals surface area contributed by atoms with Gasteiger partial charge < -0.3 is 5.11 Å². The quantitative estimate of drug-likeness (QED) is 0.668. The molecular weight excluding hydrogens is 385 g/mol. The molecule has 0 spiro atoms. The third kappa shape index (κ3) is 5.16. The second-order valence-corrected chi connectivity index (χ2v) is 5.90. The van der Waals surface area contributed by atoms with Gasteiger partial charge in [-0.05, 0) is 60.8 Å². The lowest BCUT2D eigenvalue weighted by molar-refractivity contribution is 0.0696. The van der Waals surface area contributed by atoms with Crippen molar-refractivity contribution >= 4 is 46.0 Å². The van der Waals surface area contributed by atoms with Crippen molar-refractivity contribution in [1.82, 2.24) is 0 Å². The van der Waals surface area contributed by atoms with E-state index in [0.717, 1.165) is 12.1 Å². The molecule has 0 aliphatic rings. The molecule has 0 heterocycles. The van der Waals surface area contributed by atoms with Crippen LogP contribution in [0.5, 0.6) is 0 Å². The fourth-order valence-corrected chi connectivity index (χ4v) is 2.30. The maximum Gasteiger partial charge on any atom is 0.337 e. The van der Waals surface area contributed by atoms with Crippen LogP contribution in [0.4, 0.5) is 8.78 Å². The number of rotatable bonds is 2. The Balaban J connectivity index is 0.000000240. The number of benzene rings is 2. The average Bonchev–Trinajstić information content (AvgIpc) is 2.46. The average molecular weight is 396 g/mol. The summed E-state index contributed by atoms with van der Waals surface area (Å²) in [6, 6.07) is 4.61. The first-order valence-electron chi connectivity index (χ1n) is 6.39. The van der Waals surface area contributed by atoms with Crippen molar-refractivity contribution in [3.8, 4) is 0 Å². The molecule has 0 aromatic heterocycles. The molecular formula is C16H11Cl3F2O3. The third-order valence-electron chi connectivity index (χ3n) is 2.94. The summed E-state index contributed by atoms with van der Waals surface area (Å²) in [7, 11) is 0. The highest BCUT2D eigenvalue weighted by atomic mass is 35.5. The lowest BCUT2D eigenvalue weighted by Crippen LogP contribution is -1.99. The maximum absolute atomic E-state index is 12.8. The molecule has 0 bridgehead atoms. The van der Waals surface area contributed by atoms with Crippen molar-refractivity contribution in [3.05, 3.63) is 68.2 Å². The number of halogens is 5. The summed E-state index contributed by atoms with van der Waals surface area (Å²) in [5.74, 6) is -2.09. The Morgan fingerprint density at radius 1 is 0.875 bits per heavy atom. The van der Waals surface area contributed by atoms with E-state index in [1.165, 1.54) is 26.0 Å². The molecule has 24 heavy (non-hydrogen) atoms. The van der Waals surface area contributed by atoms with Crippen molar-refractivity contribution in [1.29, 1.82) is 0 Å². The van der Waals surface area contributed by atoms with Crippen LogP contribution in [0.15, 0.2) is 24.3 Å². The predicted octanol–water partition coefficient (Wildman–Crippen LogP) is 5.65. The molecule has 2 aromatic carbocycles. The standard InChI is InChI=1S/C8H5Cl2FO.C8H6ClFO2/c1-4-2-5(8(10)12)6(9)3-7(4)11;1-4-2-5(8(11)12)6(9)3-7(4)10/h2-3H,1H3;2-3H,1H3,(H,11,12). The van der Waals surface area contributed by atoms with Crippen molar-refractivity contribution in [2.24, 2.45) is 0 Å². The van der Waals surface area contributed by atoms with Gasteiger partial charge in [0.1, 0.15) is 11.6 Å². The molecule has 0 unspecified atom stereocenters. The Morgan fingerprint density at radius 3 is 1.62 bits per heavy atom. The number of hydrogen-bond acceptors (Lipinski definition) is 2. The normalized spacial score (nSPS) is 9.96. The van der Waals surface area contributed by atoms with E-state index in [1.54, 1.807) is 0 Å². The van der Waals surface area contributed by atoms with Gasteiger partial charge in [-0.2, -0.15) is 0 Å². The van der Waals surface area contributed by atoms with Crippen molar-refractivity contribution in [2.75, 3.05) is 0 Å². The summed E-state index contributed by atoms with van der Waals surface area (Å²) in [6.45, 7) is 3.02. The van der Waals surface area contributed by atoms with Crippen LogP contribution in [-0.4, -0.2) is 16.3 Å². The van der Waals surface area contributed by atoms with Gasteiger partial charge in [0, 0.05) is 0 Å². The van der Waals surface area contributed by atoms with Crippen LogP contribution in [-0.2, 0) is 0 Å². The lowest BCUT2D eigenvalue weighted by atomic mass is 10.1. The second kappa shape index (κ2) is 8.42. The summed E-state index contributed by atoms with van der Waals surface area (Å²) in [6.07, 6.45) is 0. The third-order valence-corrected chi connectivity index (χ3v) is 3.77. The number of carbonyl (C=O) groups excluding carboxylic acids is 1. The topological polar surface area (TPSA) is 54.4 Å². The fraction of sp³-hybridized carbons (Fsp3) is 0.125. The summed E-state index contributed by atoms with van der Waals surface area (Å²) >= 11 is 16.2. The number of aromatic carboxylic acids is 1. The molecule has 2 aromatic rings. The molecule has 0 aliphatic carbocycles. The molecule has 0 aliphatic heterocycles. The minimum absolute atomic E-state index is 0.0399. The summed E-state index contributed by atoms with van der Waals surface area (Å²) in [5, 5.41) is 7.86. The highest BCUT2D eigenvalue weighted by Crippen LogP contribution is 2.22. The minimum Gasteiger partial charge on any atom is -0.478 e. The van der Waals surface area contributed by atoms with Gasteiger partial charge in [-0.1, -0.05) is 23.2 Å². The monoisotopic (exact) mass is 394 g/mol. The van der Waals surface area contributed by atoms with Crippen LogP contribution >= 0.6 is 34.8 Å². The van der Waals surface area contributed by atoms with E-state index in [-0.39, 0.29) is 26.7 Å². The van der Waals surface area contributed by atoms with E-state index in [1.807, 2.05) is 0 Å². The number of hydrogen-bond donors (Lipinski definition) is 1. The van der Waals surface area contributed by atoms with E-state index in [0.29, 0.717) is 5.56 Å². The maximum atomic E-state index is 12.8. The molecule has 128 valence electrons. The zero-order valence-electron chi connectivity index (χ0n) is 12.5. The SMILES string of the molecule is Cc1cc(C(=O)Cl)c(Cl)cc1F.Cc1cc(C(=O)O)c(Cl)cc1F. The lowest BCUT2D eigenvalue weighted by Gasteiger charge is -2.00. The van der Waals surface area contributed by atoms with Gasteiger partial charge in [-0.25, -0.2) is 13.6 Å². The molecule has 0 saturated heterocycles. The Kier molecular flexibility index (Phi) is 7.14. The Bertz CT molecular complexity index is 740. The predicted molar refractivity (Wildman–Crippen MR) is 89.4 cm³/mol. The number of carbonyl (C=O) groups is 2. The first-order chi connectivity index (χ1) is 11.0. The number of aryl methyl sites for hydroxylation is 2. The van der Waals surface area contributed by atoms with Crippen molar-refractivity contribution in [3.63, 3.8) is 0 Å². The summed E-state index contributed by atoms with van der Waals surface area (Å²) in [5.41, 5.74) is 0.688. The second-order valence-electron chi connectivity index (χ2n) is 4.74. The van der Waals surface area contributed by atoms with Gasteiger partial charge in [-0.15, -0.1) is 0 Å². The smallest absolute Gasteiger partial charge is 0.337 e. The molecule has 0 amide bonds. The summed E-state index contributed by atoms with van der Waals surface area (Å²) < 4.78 is 25.5. The van der Waals surface area contributed by atoms with E-state index in [4.69, 9.17) is 39.9 Å². The molecule has 3 nitrogen and oxygen atoms in total. The van der Waals surface area contributed by atoms with Crippen molar-refractivity contribution in [2.45, 2.75) is 13.8 Å².